The van der Waals surface area contributed by atoms with Gasteiger partial charge < -0.3 is 15.9 Å². The van der Waals surface area contributed by atoms with E-state index in [1.54, 1.807) is 0 Å². The van der Waals surface area contributed by atoms with Crippen molar-refractivity contribution in [3.8, 4) is 12.1 Å². The number of hydrogen-bond donors (Lipinski definition) is 3. The Bertz CT molecular complexity index is 1180. The Kier molecular flexibility index (Phi) is 15.0. The Morgan fingerprint density at radius 1 is 0.756 bits per heavy atom. The topological polar surface area (TPSA) is 148 Å². The maximum atomic E-state index is 10.6. The lowest BCUT2D eigenvalue weighted by molar-refractivity contribution is -0.138. The first-order valence-electron chi connectivity index (χ1n) is 13.5. The first-order valence-corrected chi connectivity index (χ1v) is 15.3. The minimum Gasteiger partial charge on any atom is -0.481 e. The second kappa shape index (κ2) is 17.3. The first-order chi connectivity index (χ1) is 19.4. The highest BCUT2D eigenvalue weighted by atomic mass is 32.1. The van der Waals surface area contributed by atoms with Gasteiger partial charge in [-0.2, -0.15) is 10.5 Å². The monoisotopic (exact) mass is 595 g/mol. The summed E-state index contributed by atoms with van der Waals surface area (Å²) >= 11 is 3.04. The molecule has 4 N–H and O–H groups in total. The summed E-state index contributed by atoms with van der Waals surface area (Å²) in [6.07, 6.45) is 0.807. The molecule has 7 nitrogen and oxygen atoms in total. The molecule has 2 heterocycles. The predicted octanol–water partition coefficient (Wildman–Crippen LogP) is 7.77. The molecule has 0 aliphatic heterocycles. The van der Waals surface area contributed by atoms with Crippen LogP contribution in [0.3, 0.4) is 0 Å². The molecular weight excluding hydrogens is 555 g/mol. The second-order valence-electron chi connectivity index (χ2n) is 10.4. The van der Waals surface area contributed by atoms with Gasteiger partial charge in [-0.1, -0.05) is 70.2 Å². The van der Waals surface area contributed by atoms with Gasteiger partial charge in [0.2, 0.25) is 0 Å². The van der Waals surface area contributed by atoms with Crippen LogP contribution in [0.15, 0.2) is 65.4 Å². The summed E-state index contributed by atoms with van der Waals surface area (Å²) in [4.78, 5) is 23.2. The van der Waals surface area contributed by atoms with Crippen LogP contribution in [0.25, 0.3) is 0 Å². The molecule has 0 amide bonds. The average Bonchev–Trinajstić information content (AvgIpc) is 3.67. The van der Waals surface area contributed by atoms with Crippen molar-refractivity contribution in [3.05, 3.63) is 80.7 Å². The van der Waals surface area contributed by atoms with E-state index in [2.05, 4.69) is 12.1 Å². The van der Waals surface area contributed by atoms with Gasteiger partial charge in [0.25, 0.3) is 0 Å². The normalized spacial score (nSPS) is 14.1. The van der Waals surface area contributed by atoms with Crippen molar-refractivity contribution in [1.82, 2.24) is 0 Å². The van der Waals surface area contributed by atoms with Crippen molar-refractivity contribution in [1.29, 1.82) is 10.5 Å². The number of nitrogens with zero attached hydrogens (tertiary/aromatic N) is 2. The Labute approximate surface area is 251 Å². The summed E-state index contributed by atoms with van der Waals surface area (Å²) < 4.78 is 0. The summed E-state index contributed by atoms with van der Waals surface area (Å²) in [7, 11) is 0. The van der Waals surface area contributed by atoms with Crippen LogP contribution in [0.4, 0.5) is 0 Å². The van der Waals surface area contributed by atoms with E-state index < -0.39 is 22.8 Å². The number of nitrogens with two attached hydrogens (primary N) is 1. The number of hydrogen-bond acceptors (Lipinski definition) is 7. The van der Waals surface area contributed by atoms with Crippen LogP contribution in [0, 0.1) is 34.5 Å². The van der Waals surface area contributed by atoms with Crippen LogP contribution in [0.5, 0.6) is 0 Å². The van der Waals surface area contributed by atoms with E-state index in [0.29, 0.717) is 12.8 Å². The highest BCUT2D eigenvalue weighted by Crippen LogP contribution is 2.40. The van der Waals surface area contributed by atoms with E-state index in [0.717, 1.165) is 9.75 Å². The van der Waals surface area contributed by atoms with Crippen LogP contribution in [0.2, 0.25) is 0 Å². The van der Waals surface area contributed by atoms with Crippen LogP contribution in [-0.2, 0) is 20.4 Å². The molecule has 0 spiro atoms. The van der Waals surface area contributed by atoms with Gasteiger partial charge in [-0.15, -0.1) is 22.7 Å². The fraction of sp³-hybridized carbons (Fsp3) is 0.438. The number of aliphatic carboxylic acids is 2. The average molecular weight is 596 g/mol. The summed E-state index contributed by atoms with van der Waals surface area (Å²) in [5.74, 6) is -1.49. The lowest BCUT2D eigenvalue weighted by Crippen LogP contribution is -2.30. The molecule has 0 aliphatic carbocycles. The minimum atomic E-state index is -0.850. The van der Waals surface area contributed by atoms with Gasteiger partial charge in [0.1, 0.15) is 0 Å². The number of nitriles is 2. The summed E-state index contributed by atoms with van der Waals surface area (Å²) in [6.45, 7) is 9.83. The van der Waals surface area contributed by atoms with Crippen molar-refractivity contribution in [3.63, 3.8) is 0 Å². The molecule has 2 unspecified atom stereocenters. The van der Waals surface area contributed by atoms with Crippen LogP contribution in [0.1, 0.15) is 81.7 Å². The standard InChI is InChI=1S/2C12H15NO2S.C8H11N/c2*1-9(2)12(8-13,6-5-11(14)15)10-4-3-7-16-10;1-7(9)8-5-3-2-4-6-8/h2*3-4,7,9H,5-6H2,1-2H3,(H,14,15);2-7H,9H2,1H3/t;;7-/m..0/s1. The second-order valence-corrected chi connectivity index (χ2v) is 12.3. The van der Waals surface area contributed by atoms with E-state index in [1.165, 1.54) is 28.2 Å². The van der Waals surface area contributed by atoms with E-state index in [1.807, 2.05) is 100.0 Å². The Morgan fingerprint density at radius 3 is 1.37 bits per heavy atom. The largest absolute Gasteiger partial charge is 0.481 e. The van der Waals surface area contributed by atoms with Crippen molar-refractivity contribution in [2.24, 2.45) is 17.6 Å². The van der Waals surface area contributed by atoms with E-state index in [9.17, 15) is 20.1 Å². The molecule has 0 saturated heterocycles. The SMILES string of the molecule is CC(C)C(C#N)(CCC(=O)O)c1cccs1.CC(C)C(C#N)(CCC(=O)O)c1cccs1.C[C@H](N)c1ccccc1. The van der Waals surface area contributed by atoms with Gasteiger partial charge in [-0.05, 0) is 60.1 Å². The number of benzene rings is 1. The zero-order chi connectivity index (χ0) is 31.1. The smallest absolute Gasteiger partial charge is 0.303 e. The molecule has 0 aliphatic rings. The number of carboxylic acid groups (broad SMARTS) is 2. The number of carboxylic acids is 2. The third-order valence-corrected chi connectivity index (χ3v) is 9.18. The molecule has 3 atom stereocenters. The highest BCUT2D eigenvalue weighted by molar-refractivity contribution is 7.10. The molecule has 9 heteroatoms. The van der Waals surface area contributed by atoms with Crippen molar-refractivity contribution < 1.29 is 19.8 Å². The lowest BCUT2D eigenvalue weighted by Gasteiger charge is -2.29. The maximum Gasteiger partial charge on any atom is 0.303 e. The van der Waals surface area contributed by atoms with E-state index in [4.69, 9.17) is 15.9 Å². The Morgan fingerprint density at radius 2 is 1.15 bits per heavy atom. The lowest BCUT2D eigenvalue weighted by atomic mass is 9.74. The highest BCUT2D eigenvalue weighted by Gasteiger charge is 2.38. The maximum absolute atomic E-state index is 10.6. The van der Waals surface area contributed by atoms with E-state index >= 15 is 0 Å². The van der Waals surface area contributed by atoms with Gasteiger partial charge in [0.05, 0.1) is 23.0 Å². The van der Waals surface area contributed by atoms with Gasteiger partial charge in [-0.25, -0.2) is 0 Å². The van der Waals surface area contributed by atoms with Gasteiger partial charge in [0, 0.05) is 28.6 Å². The Hall–Kier alpha value is -3.50. The third-order valence-electron chi connectivity index (χ3n) is 7.08. The summed E-state index contributed by atoms with van der Waals surface area (Å²) in [5.41, 5.74) is 5.49. The molecule has 3 aromatic rings. The molecule has 0 fully saturated rings. The Balaban J connectivity index is 0.000000320. The fourth-order valence-electron chi connectivity index (χ4n) is 4.30. The van der Waals surface area contributed by atoms with E-state index in [-0.39, 0.29) is 30.7 Å². The van der Waals surface area contributed by atoms with Crippen LogP contribution >= 0.6 is 22.7 Å². The molecule has 3 rings (SSSR count). The quantitative estimate of drug-likeness (QED) is 0.205. The fourth-order valence-corrected chi connectivity index (χ4v) is 6.41. The molecule has 0 bridgehead atoms. The van der Waals surface area contributed by atoms with Crippen molar-refractivity contribution >= 4 is 34.6 Å². The minimum absolute atomic E-state index is 0.0314. The molecule has 2 aromatic heterocycles. The van der Waals surface area contributed by atoms with Crippen molar-refractivity contribution in [2.45, 2.75) is 77.2 Å². The van der Waals surface area contributed by atoms with Gasteiger partial charge in [-0.3, -0.25) is 9.59 Å². The predicted molar refractivity (Wildman–Crippen MR) is 166 cm³/mol. The summed E-state index contributed by atoms with van der Waals surface area (Å²) in [6, 6.07) is 22.5. The number of carbonyl (C=O) groups is 2. The third kappa shape index (κ3) is 10.4. The molecular formula is C32H41N3O4S2. The number of thiophene rings is 2. The summed E-state index contributed by atoms with van der Waals surface area (Å²) in [5, 5.41) is 40.1. The van der Waals surface area contributed by atoms with Crippen LogP contribution < -0.4 is 5.73 Å². The zero-order valence-corrected chi connectivity index (χ0v) is 26.0. The van der Waals surface area contributed by atoms with Gasteiger partial charge in [0.15, 0.2) is 0 Å². The molecule has 41 heavy (non-hydrogen) atoms. The molecule has 220 valence electrons. The van der Waals surface area contributed by atoms with Crippen molar-refractivity contribution in [2.75, 3.05) is 0 Å². The molecule has 0 radical (unpaired) electrons. The number of rotatable bonds is 11. The van der Waals surface area contributed by atoms with Crippen LogP contribution in [-0.4, -0.2) is 22.2 Å². The first kappa shape index (κ1) is 35.5. The molecule has 0 saturated carbocycles. The van der Waals surface area contributed by atoms with Gasteiger partial charge >= 0.3 is 11.9 Å². The molecule has 1 aromatic carbocycles. The zero-order valence-electron chi connectivity index (χ0n) is 24.4.